The fourth-order valence-corrected chi connectivity index (χ4v) is 2.67. The lowest BCUT2D eigenvalue weighted by atomic mass is 9.99. The largest absolute Gasteiger partial charge is 0.339 e. The number of nitrogens with two attached hydrogens (primary N) is 1. The van der Waals surface area contributed by atoms with E-state index in [1.807, 2.05) is 0 Å². The Morgan fingerprint density at radius 2 is 1.94 bits per heavy atom. The molecule has 0 radical (unpaired) electrons. The first-order valence-electron chi connectivity index (χ1n) is 7.31. The van der Waals surface area contributed by atoms with E-state index >= 15 is 0 Å². The summed E-state index contributed by atoms with van der Waals surface area (Å²) in [5.41, 5.74) is 6.03. The SMILES string of the molecule is CCC(N)C(C)c1nc(C2CCCCCC2)no1. The number of rotatable bonds is 4. The molecule has 2 unspecified atom stereocenters. The van der Waals surface area contributed by atoms with E-state index in [4.69, 9.17) is 10.3 Å². The maximum atomic E-state index is 6.03. The van der Waals surface area contributed by atoms with Crippen LogP contribution in [0.5, 0.6) is 0 Å². The molecule has 0 amide bonds. The first kappa shape index (κ1) is 13.5. The second-order valence-electron chi connectivity index (χ2n) is 5.54. The Bertz CT molecular complexity index is 356. The van der Waals surface area contributed by atoms with Crippen molar-refractivity contribution in [1.82, 2.24) is 10.1 Å². The highest BCUT2D eigenvalue weighted by atomic mass is 16.5. The van der Waals surface area contributed by atoms with Gasteiger partial charge >= 0.3 is 0 Å². The fourth-order valence-electron chi connectivity index (χ4n) is 2.67. The maximum Gasteiger partial charge on any atom is 0.231 e. The van der Waals surface area contributed by atoms with E-state index in [0.717, 1.165) is 12.2 Å². The molecular formula is C14H25N3O. The molecule has 1 aliphatic carbocycles. The van der Waals surface area contributed by atoms with E-state index in [2.05, 4.69) is 24.0 Å². The molecule has 1 heterocycles. The molecule has 18 heavy (non-hydrogen) atoms. The Balaban J connectivity index is 2.04. The zero-order chi connectivity index (χ0) is 13.0. The summed E-state index contributed by atoms with van der Waals surface area (Å²) in [6, 6.07) is 0.104. The van der Waals surface area contributed by atoms with Gasteiger partial charge in [-0.25, -0.2) is 0 Å². The van der Waals surface area contributed by atoms with Crippen LogP contribution in [-0.2, 0) is 0 Å². The lowest BCUT2D eigenvalue weighted by molar-refractivity contribution is 0.333. The monoisotopic (exact) mass is 251 g/mol. The van der Waals surface area contributed by atoms with Gasteiger partial charge in [-0.1, -0.05) is 44.7 Å². The topological polar surface area (TPSA) is 64.9 Å². The quantitative estimate of drug-likeness (QED) is 0.833. The van der Waals surface area contributed by atoms with Gasteiger partial charge < -0.3 is 10.3 Å². The molecule has 4 nitrogen and oxygen atoms in total. The van der Waals surface area contributed by atoms with Crippen LogP contribution in [-0.4, -0.2) is 16.2 Å². The molecule has 2 rings (SSSR count). The van der Waals surface area contributed by atoms with Crippen molar-refractivity contribution in [3.05, 3.63) is 11.7 Å². The van der Waals surface area contributed by atoms with E-state index in [9.17, 15) is 0 Å². The van der Waals surface area contributed by atoms with E-state index in [0.29, 0.717) is 11.8 Å². The van der Waals surface area contributed by atoms with Crippen LogP contribution in [0.25, 0.3) is 0 Å². The van der Waals surface area contributed by atoms with Crippen LogP contribution < -0.4 is 5.73 Å². The summed E-state index contributed by atoms with van der Waals surface area (Å²) in [6.45, 7) is 4.16. The molecule has 2 atom stereocenters. The second-order valence-corrected chi connectivity index (χ2v) is 5.54. The highest BCUT2D eigenvalue weighted by molar-refractivity contribution is 5.01. The van der Waals surface area contributed by atoms with Crippen molar-refractivity contribution in [1.29, 1.82) is 0 Å². The van der Waals surface area contributed by atoms with Gasteiger partial charge in [0.1, 0.15) is 0 Å². The minimum atomic E-state index is 0.104. The van der Waals surface area contributed by atoms with Crippen LogP contribution in [0.4, 0.5) is 0 Å². The van der Waals surface area contributed by atoms with Crippen LogP contribution in [0.1, 0.15) is 82.3 Å². The molecule has 1 aromatic rings. The Morgan fingerprint density at radius 3 is 2.56 bits per heavy atom. The summed E-state index contributed by atoms with van der Waals surface area (Å²) in [5.74, 6) is 2.27. The van der Waals surface area contributed by atoms with Crippen molar-refractivity contribution < 1.29 is 4.52 Å². The average Bonchev–Trinajstić information content (AvgIpc) is 2.72. The minimum Gasteiger partial charge on any atom is -0.339 e. The van der Waals surface area contributed by atoms with E-state index < -0.39 is 0 Å². The van der Waals surface area contributed by atoms with E-state index in [1.165, 1.54) is 38.5 Å². The van der Waals surface area contributed by atoms with Crippen LogP contribution in [0.15, 0.2) is 4.52 Å². The summed E-state index contributed by atoms with van der Waals surface area (Å²) in [7, 11) is 0. The Kier molecular flexibility index (Phi) is 4.75. The Morgan fingerprint density at radius 1 is 1.28 bits per heavy atom. The third kappa shape index (κ3) is 3.10. The van der Waals surface area contributed by atoms with Crippen molar-refractivity contribution in [3.63, 3.8) is 0 Å². The standard InChI is InChI=1S/C14H25N3O/c1-3-12(15)10(2)14-16-13(17-18-14)11-8-6-4-5-7-9-11/h10-12H,3-9,15H2,1-2H3. The molecule has 1 fully saturated rings. The van der Waals surface area contributed by atoms with Crippen molar-refractivity contribution >= 4 is 0 Å². The molecule has 0 spiro atoms. The predicted molar refractivity (Wildman–Crippen MR) is 71.4 cm³/mol. The predicted octanol–water partition coefficient (Wildman–Crippen LogP) is 3.35. The average molecular weight is 251 g/mol. The molecule has 1 saturated carbocycles. The first-order chi connectivity index (χ1) is 8.72. The van der Waals surface area contributed by atoms with Gasteiger partial charge in [-0.2, -0.15) is 4.98 Å². The van der Waals surface area contributed by atoms with Crippen molar-refractivity contribution in [3.8, 4) is 0 Å². The minimum absolute atomic E-state index is 0.104. The summed E-state index contributed by atoms with van der Waals surface area (Å²) in [4.78, 5) is 4.59. The van der Waals surface area contributed by atoms with Gasteiger partial charge in [-0.15, -0.1) is 0 Å². The van der Waals surface area contributed by atoms with Crippen LogP contribution in [0.3, 0.4) is 0 Å². The molecule has 0 aromatic carbocycles. The molecule has 0 saturated heterocycles. The highest BCUT2D eigenvalue weighted by Gasteiger charge is 2.24. The van der Waals surface area contributed by atoms with Gasteiger partial charge in [-0.05, 0) is 19.3 Å². The summed E-state index contributed by atoms with van der Waals surface area (Å²) < 4.78 is 5.40. The zero-order valence-corrected chi connectivity index (χ0v) is 11.6. The normalized spacial score (nSPS) is 21.5. The second kappa shape index (κ2) is 6.32. The summed E-state index contributed by atoms with van der Waals surface area (Å²) >= 11 is 0. The van der Waals surface area contributed by atoms with Crippen molar-refractivity contribution in [2.24, 2.45) is 5.73 Å². The number of aromatic nitrogens is 2. The molecular weight excluding hydrogens is 226 g/mol. The Hall–Kier alpha value is -0.900. The van der Waals surface area contributed by atoms with Gasteiger partial charge in [0.15, 0.2) is 5.82 Å². The van der Waals surface area contributed by atoms with E-state index in [-0.39, 0.29) is 12.0 Å². The van der Waals surface area contributed by atoms with E-state index in [1.54, 1.807) is 0 Å². The van der Waals surface area contributed by atoms with Crippen LogP contribution >= 0.6 is 0 Å². The lowest BCUT2D eigenvalue weighted by Crippen LogP contribution is -2.25. The molecule has 0 bridgehead atoms. The van der Waals surface area contributed by atoms with Gasteiger partial charge in [0.05, 0.1) is 5.92 Å². The van der Waals surface area contributed by atoms with Gasteiger partial charge in [0, 0.05) is 12.0 Å². The smallest absolute Gasteiger partial charge is 0.231 e. The lowest BCUT2D eigenvalue weighted by Gasteiger charge is -2.13. The zero-order valence-electron chi connectivity index (χ0n) is 11.6. The highest BCUT2D eigenvalue weighted by Crippen LogP contribution is 2.30. The Labute approximate surface area is 109 Å². The molecule has 4 heteroatoms. The van der Waals surface area contributed by atoms with Crippen molar-refractivity contribution in [2.45, 2.75) is 76.7 Å². The molecule has 2 N–H and O–H groups in total. The van der Waals surface area contributed by atoms with Gasteiger partial charge in [-0.3, -0.25) is 0 Å². The molecule has 1 aliphatic rings. The third-order valence-corrected chi connectivity index (χ3v) is 4.18. The van der Waals surface area contributed by atoms with Gasteiger partial charge in [0.25, 0.3) is 0 Å². The van der Waals surface area contributed by atoms with Crippen LogP contribution in [0, 0.1) is 0 Å². The first-order valence-corrected chi connectivity index (χ1v) is 7.31. The fraction of sp³-hybridized carbons (Fsp3) is 0.857. The van der Waals surface area contributed by atoms with Crippen LogP contribution in [0.2, 0.25) is 0 Å². The third-order valence-electron chi connectivity index (χ3n) is 4.18. The summed E-state index contributed by atoms with van der Waals surface area (Å²) in [6.07, 6.45) is 8.61. The maximum absolute atomic E-state index is 6.03. The molecule has 0 aliphatic heterocycles. The number of hydrogen-bond donors (Lipinski definition) is 1. The molecule has 102 valence electrons. The number of hydrogen-bond acceptors (Lipinski definition) is 4. The molecule has 1 aromatic heterocycles. The number of nitrogens with zero attached hydrogens (tertiary/aromatic N) is 2. The summed E-state index contributed by atoms with van der Waals surface area (Å²) in [5, 5.41) is 4.18. The van der Waals surface area contributed by atoms with Crippen molar-refractivity contribution in [2.75, 3.05) is 0 Å². The van der Waals surface area contributed by atoms with Gasteiger partial charge in [0.2, 0.25) is 5.89 Å².